The first kappa shape index (κ1) is 9.81. The number of aliphatic hydroxyl groups is 1. The summed E-state index contributed by atoms with van der Waals surface area (Å²) in [5.41, 5.74) is 3.22. The van der Waals surface area contributed by atoms with Crippen molar-refractivity contribution in [1.82, 2.24) is 0 Å². The predicted octanol–water partition coefficient (Wildman–Crippen LogP) is 2.64. The average Bonchev–Trinajstić information content (AvgIpc) is 2.49. The first-order valence-electron chi connectivity index (χ1n) is 4.69. The molecular formula is C11H13ClO2. The molecule has 0 aliphatic heterocycles. The van der Waals surface area contributed by atoms with Crippen molar-refractivity contribution in [2.24, 2.45) is 0 Å². The fourth-order valence-electron chi connectivity index (χ4n) is 2.14. The zero-order valence-electron chi connectivity index (χ0n) is 8.30. The number of rotatable bonds is 1. The maximum atomic E-state index is 9.69. The van der Waals surface area contributed by atoms with Crippen molar-refractivity contribution in [3.63, 3.8) is 0 Å². The number of methoxy groups -OCH3 is 1. The van der Waals surface area contributed by atoms with E-state index in [-0.39, 0.29) is 6.10 Å². The summed E-state index contributed by atoms with van der Waals surface area (Å²) in [6.45, 7) is 1.99. The molecule has 0 fully saturated rings. The Bertz CT molecular complexity index is 374. The first-order chi connectivity index (χ1) is 6.65. The second-order valence-corrected chi connectivity index (χ2v) is 4.05. The molecule has 0 saturated carbocycles. The highest BCUT2D eigenvalue weighted by Gasteiger charge is 2.25. The lowest BCUT2D eigenvalue weighted by Crippen LogP contribution is -1.96. The molecule has 0 saturated heterocycles. The predicted molar refractivity (Wildman–Crippen MR) is 56.0 cm³/mol. The summed E-state index contributed by atoms with van der Waals surface area (Å²) in [6, 6.07) is 1.82. The smallest absolute Gasteiger partial charge is 0.140 e. The molecule has 2 nitrogen and oxygen atoms in total. The van der Waals surface area contributed by atoms with Gasteiger partial charge in [-0.1, -0.05) is 11.6 Å². The Hall–Kier alpha value is -0.730. The van der Waals surface area contributed by atoms with Crippen LogP contribution < -0.4 is 4.74 Å². The third kappa shape index (κ3) is 1.30. The number of hydrogen-bond acceptors (Lipinski definition) is 2. The topological polar surface area (TPSA) is 29.5 Å². The number of fused-ring (bicyclic) bond motifs is 1. The van der Waals surface area contributed by atoms with Crippen molar-refractivity contribution in [2.75, 3.05) is 7.11 Å². The summed E-state index contributed by atoms with van der Waals surface area (Å²) in [5, 5.41) is 10.3. The minimum absolute atomic E-state index is 0.355. The molecule has 0 radical (unpaired) electrons. The monoisotopic (exact) mass is 212 g/mol. The van der Waals surface area contributed by atoms with E-state index in [1.54, 1.807) is 7.11 Å². The van der Waals surface area contributed by atoms with Crippen molar-refractivity contribution < 1.29 is 9.84 Å². The van der Waals surface area contributed by atoms with Gasteiger partial charge in [-0.3, -0.25) is 0 Å². The molecule has 0 aromatic heterocycles. The molecule has 0 heterocycles. The maximum absolute atomic E-state index is 9.69. The van der Waals surface area contributed by atoms with Gasteiger partial charge in [0.05, 0.1) is 18.2 Å². The zero-order valence-corrected chi connectivity index (χ0v) is 9.06. The van der Waals surface area contributed by atoms with Gasteiger partial charge >= 0.3 is 0 Å². The van der Waals surface area contributed by atoms with Crippen LogP contribution in [0.2, 0.25) is 5.02 Å². The van der Waals surface area contributed by atoms with Crippen LogP contribution in [0.3, 0.4) is 0 Å². The third-order valence-corrected chi connectivity index (χ3v) is 3.15. The van der Waals surface area contributed by atoms with Gasteiger partial charge < -0.3 is 9.84 Å². The highest BCUT2D eigenvalue weighted by Crippen LogP contribution is 2.41. The number of hydrogen-bond donors (Lipinski definition) is 1. The minimum Gasteiger partial charge on any atom is -0.495 e. The Kier molecular flexibility index (Phi) is 2.41. The van der Waals surface area contributed by atoms with Crippen LogP contribution in [0.1, 0.15) is 29.2 Å². The van der Waals surface area contributed by atoms with Crippen LogP contribution >= 0.6 is 11.6 Å². The molecule has 0 spiro atoms. The second-order valence-electron chi connectivity index (χ2n) is 3.64. The summed E-state index contributed by atoms with van der Waals surface area (Å²) in [4.78, 5) is 0. The van der Waals surface area contributed by atoms with Crippen LogP contribution in [-0.4, -0.2) is 12.2 Å². The lowest BCUT2D eigenvalue weighted by atomic mass is 10.0. The molecule has 1 aromatic carbocycles. The van der Waals surface area contributed by atoms with Gasteiger partial charge in [-0.2, -0.15) is 0 Å². The van der Waals surface area contributed by atoms with Crippen LogP contribution in [0.4, 0.5) is 0 Å². The van der Waals surface area contributed by atoms with E-state index in [1.807, 2.05) is 13.0 Å². The van der Waals surface area contributed by atoms with Crippen molar-refractivity contribution in [3.05, 3.63) is 27.8 Å². The molecule has 2 rings (SSSR count). The summed E-state index contributed by atoms with van der Waals surface area (Å²) >= 11 is 6.04. The van der Waals surface area contributed by atoms with Crippen LogP contribution in [0.15, 0.2) is 6.07 Å². The Labute approximate surface area is 88.5 Å². The molecule has 1 unspecified atom stereocenters. The molecule has 3 heteroatoms. The lowest BCUT2D eigenvalue weighted by Gasteiger charge is -2.12. The fourth-order valence-corrected chi connectivity index (χ4v) is 2.47. The Morgan fingerprint density at radius 1 is 1.57 bits per heavy atom. The molecule has 0 bridgehead atoms. The molecule has 1 N–H and O–H groups in total. The van der Waals surface area contributed by atoms with E-state index in [0.29, 0.717) is 5.02 Å². The van der Waals surface area contributed by atoms with Gasteiger partial charge in [0.25, 0.3) is 0 Å². The average molecular weight is 213 g/mol. The SMILES string of the molecule is COc1c(Cl)cc2c(c1C)CCC2O. The standard InChI is InChI=1S/C11H13ClO2/c1-6-7-3-4-10(13)8(7)5-9(12)11(6)14-2/h5,10,13H,3-4H2,1-2H3. The van der Waals surface area contributed by atoms with Crippen molar-refractivity contribution in [3.8, 4) is 5.75 Å². The minimum atomic E-state index is -0.355. The van der Waals surface area contributed by atoms with E-state index in [0.717, 1.165) is 29.7 Å². The largest absolute Gasteiger partial charge is 0.495 e. The van der Waals surface area contributed by atoms with E-state index < -0.39 is 0 Å². The van der Waals surface area contributed by atoms with E-state index >= 15 is 0 Å². The molecular weight excluding hydrogens is 200 g/mol. The van der Waals surface area contributed by atoms with E-state index in [4.69, 9.17) is 16.3 Å². The summed E-state index contributed by atoms with van der Waals surface area (Å²) < 4.78 is 5.22. The number of benzene rings is 1. The third-order valence-electron chi connectivity index (χ3n) is 2.87. The Morgan fingerprint density at radius 3 is 2.93 bits per heavy atom. The number of halogens is 1. The van der Waals surface area contributed by atoms with Gasteiger partial charge in [0.15, 0.2) is 0 Å². The molecule has 1 aliphatic rings. The Morgan fingerprint density at radius 2 is 2.29 bits per heavy atom. The van der Waals surface area contributed by atoms with Gasteiger partial charge in [0.2, 0.25) is 0 Å². The van der Waals surface area contributed by atoms with Crippen LogP contribution in [-0.2, 0) is 6.42 Å². The van der Waals surface area contributed by atoms with E-state index in [9.17, 15) is 5.11 Å². The highest BCUT2D eigenvalue weighted by molar-refractivity contribution is 6.32. The summed E-state index contributed by atoms with van der Waals surface area (Å²) in [7, 11) is 1.62. The molecule has 1 aliphatic carbocycles. The van der Waals surface area contributed by atoms with Crippen LogP contribution in [0.5, 0.6) is 5.75 Å². The first-order valence-corrected chi connectivity index (χ1v) is 5.07. The number of aliphatic hydroxyl groups excluding tert-OH is 1. The summed E-state index contributed by atoms with van der Waals surface area (Å²) in [5.74, 6) is 0.736. The molecule has 1 aromatic rings. The molecule has 1 atom stereocenters. The van der Waals surface area contributed by atoms with Gasteiger partial charge in [0, 0.05) is 0 Å². The van der Waals surface area contributed by atoms with Crippen molar-refractivity contribution in [1.29, 1.82) is 0 Å². The van der Waals surface area contributed by atoms with Gasteiger partial charge in [0.1, 0.15) is 5.75 Å². The lowest BCUT2D eigenvalue weighted by molar-refractivity contribution is 0.180. The highest BCUT2D eigenvalue weighted by atomic mass is 35.5. The normalized spacial score (nSPS) is 19.6. The van der Waals surface area contributed by atoms with Crippen LogP contribution in [0.25, 0.3) is 0 Å². The molecule has 14 heavy (non-hydrogen) atoms. The van der Waals surface area contributed by atoms with E-state index in [1.165, 1.54) is 5.56 Å². The van der Waals surface area contributed by atoms with Crippen molar-refractivity contribution in [2.45, 2.75) is 25.9 Å². The summed E-state index contributed by atoms with van der Waals surface area (Å²) in [6.07, 6.45) is 1.35. The van der Waals surface area contributed by atoms with Crippen LogP contribution in [0, 0.1) is 6.92 Å². The maximum Gasteiger partial charge on any atom is 0.140 e. The van der Waals surface area contributed by atoms with E-state index in [2.05, 4.69) is 0 Å². The number of ether oxygens (including phenoxy) is 1. The molecule has 76 valence electrons. The fraction of sp³-hybridized carbons (Fsp3) is 0.455. The second kappa shape index (κ2) is 3.44. The van der Waals surface area contributed by atoms with Gasteiger partial charge in [-0.25, -0.2) is 0 Å². The quantitative estimate of drug-likeness (QED) is 0.776. The molecule has 0 amide bonds. The van der Waals surface area contributed by atoms with Gasteiger partial charge in [-0.15, -0.1) is 0 Å². The zero-order chi connectivity index (χ0) is 10.3. The Balaban J connectivity index is 2.63. The van der Waals surface area contributed by atoms with Crippen molar-refractivity contribution >= 4 is 11.6 Å². The van der Waals surface area contributed by atoms with Gasteiger partial charge in [-0.05, 0) is 42.5 Å².